The fraction of sp³-hybridized carbons (Fsp3) is 0.467. The van der Waals surface area contributed by atoms with Crippen LogP contribution in [-0.2, 0) is 27.4 Å². The minimum absolute atomic E-state index is 0.00551. The van der Waals surface area contributed by atoms with E-state index in [1.165, 1.54) is 11.1 Å². The predicted octanol–water partition coefficient (Wildman–Crippen LogP) is 0.523. The zero-order valence-electron chi connectivity index (χ0n) is 11.2. The number of carbonyl (C=O) groups excluding carboxylic acids is 2. The van der Waals surface area contributed by atoms with E-state index in [2.05, 4.69) is 22.8 Å². The predicted molar refractivity (Wildman–Crippen MR) is 72.9 cm³/mol. The van der Waals surface area contributed by atoms with E-state index in [0.29, 0.717) is 26.0 Å². The molecular formula is C15H18N2O3. The van der Waals surface area contributed by atoms with Gasteiger partial charge in [0.2, 0.25) is 11.8 Å². The molecule has 2 amide bonds. The van der Waals surface area contributed by atoms with Crippen LogP contribution in [0.1, 0.15) is 24.0 Å². The molecule has 2 unspecified atom stereocenters. The molecule has 1 aromatic carbocycles. The Morgan fingerprint density at radius 2 is 2.15 bits per heavy atom. The maximum absolute atomic E-state index is 11.9. The van der Waals surface area contributed by atoms with Crippen LogP contribution in [0.4, 0.5) is 0 Å². The van der Waals surface area contributed by atoms with Crippen molar-refractivity contribution in [2.45, 2.75) is 38.0 Å². The topological polar surface area (TPSA) is 67.4 Å². The lowest BCUT2D eigenvalue weighted by molar-refractivity contribution is -0.126. The van der Waals surface area contributed by atoms with Gasteiger partial charge in [-0.25, -0.2) is 0 Å². The summed E-state index contributed by atoms with van der Waals surface area (Å²) in [6, 6.07) is 7.82. The van der Waals surface area contributed by atoms with Crippen molar-refractivity contribution in [2.24, 2.45) is 0 Å². The zero-order valence-corrected chi connectivity index (χ0v) is 11.2. The molecule has 0 radical (unpaired) electrons. The van der Waals surface area contributed by atoms with E-state index in [9.17, 15) is 9.59 Å². The molecule has 20 heavy (non-hydrogen) atoms. The standard InChI is InChI=1S/C15H18N2O3/c18-14-6-5-13(17-14)15(19)16-8-12-7-10-3-1-2-4-11(10)9-20-12/h1-4,12-13H,5-9H2,(H,16,19)(H,17,18). The lowest BCUT2D eigenvalue weighted by Gasteiger charge is -2.25. The molecule has 5 nitrogen and oxygen atoms in total. The summed E-state index contributed by atoms with van der Waals surface area (Å²) in [4.78, 5) is 23.0. The number of rotatable bonds is 3. The second kappa shape index (κ2) is 5.63. The number of carbonyl (C=O) groups is 2. The Hall–Kier alpha value is -1.88. The molecule has 0 bridgehead atoms. The van der Waals surface area contributed by atoms with Crippen molar-refractivity contribution in [1.82, 2.24) is 10.6 Å². The molecule has 1 aromatic rings. The maximum Gasteiger partial charge on any atom is 0.242 e. The van der Waals surface area contributed by atoms with E-state index in [1.54, 1.807) is 0 Å². The van der Waals surface area contributed by atoms with Crippen molar-refractivity contribution in [3.8, 4) is 0 Å². The van der Waals surface area contributed by atoms with E-state index in [1.807, 2.05) is 12.1 Å². The highest BCUT2D eigenvalue weighted by atomic mass is 16.5. The van der Waals surface area contributed by atoms with Gasteiger partial charge in [0.15, 0.2) is 0 Å². The first-order valence-corrected chi connectivity index (χ1v) is 6.98. The van der Waals surface area contributed by atoms with Gasteiger partial charge in [0.05, 0.1) is 12.7 Å². The maximum atomic E-state index is 11.9. The molecule has 1 saturated heterocycles. The summed E-state index contributed by atoms with van der Waals surface area (Å²) in [5.74, 6) is -0.161. The van der Waals surface area contributed by atoms with E-state index >= 15 is 0 Å². The molecule has 2 aliphatic rings. The summed E-state index contributed by atoms with van der Waals surface area (Å²) < 4.78 is 5.74. The molecule has 0 spiro atoms. The molecular weight excluding hydrogens is 256 g/mol. The third kappa shape index (κ3) is 2.82. The number of amides is 2. The molecule has 106 valence electrons. The highest BCUT2D eigenvalue weighted by Gasteiger charge is 2.28. The average Bonchev–Trinajstić information content (AvgIpc) is 2.91. The normalized spacial score (nSPS) is 24.9. The van der Waals surface area contributed by atoms with Crippen LogP contribution in [-0.4, -0.2) is 30.5 Å². The molecule has 2 N–H and O–H groups in total. The first-order valence-electron chi connectivity index (χ1n) is 6.98. The van der Waals surface area contributed by atoms with Crippen LogP contribution in [0.2, 0.25) is 0 Å². The van der Waals surface area contributed by atoms with Crippen LogP contribution in [0.25, 0.3) is 0 Å². The van der Waals surface area contributed by atoms with Gasteiger partial charge in [-0.3, -0.25) is 9.59 Å². The molecule has 3 rings (SSSR count). The molecule has 0 saturated carbocycles. The minimum Gasteiger partial charge on any atom is -0.371 e. The van der Waals surface area contributed by atoms with Crippen LogP contribution >= 0.6 is 0 Å². The SMILES string of the molecule is O=C1CCC(C(=O)NCC2Cc3ccccc3CO2)N1. The third-order valence-corrected chi connectivity index (χ3v) is 3.86. The van der Waals surface area contributed by atoms with Gasteiger partial charge in [0.25, 0.3) is 0 Å². The lowest BCUT2D eigenvalue weighted by Crippen LogP contribution is -2.45. The summed E-state index contributed by atoms with van der Waals surface area (Å²) >= 11 is 0. The molecule has 0 aromatic heterocycles. The summed E-state index contributed by atoms with van der Waals surface area (Å²) in [6.07, 6.45) is 1.84. The van der Waals surface area contributed by atoms with Crippen molar-refractivity contribution in [2.75, 3.05) is 6.54 Å². The molecule has 2 heterocycles. The Kier molecular flexibility index (Phi) is 3.69. The van der Waals surface area contributed by atoms with E-state index in [0.717, 1.165) is 6.42 Å². The lowest BCUT2D eigenvalue weighted by atomic mass is 9.99. The number of benzene rings is 1. The number of nitrogens with one attached hydrogen (secondary N) is 2. The Morgan fingerprint density at radius 3 is 2.90 bits per heavy atom. The van der Waals surface area contributed by atoms with Gasteiger partial charge in [0.1, 0.15) is 6.04 Å². The van der Waals surface area contributed by atoms with Gasteiger partial charge in [-0.2, -0.15) is 0 Å². The molecule has 2 atom stereocenters. The van der Waals surface area contributed by atoms with Crippen molar-refractivity contribution < 1.29 is 14.3 Å². The molecule has 5 heteroatoms. The smallest absolute Gasteiger partial charge is 0.242 e. The van der Waals surface area contributed by atoms with Gasteiger partial charge in [-0.15, -0.1) is 0 Å². The Bertz CT molecular complexity index is 530. The third-order valence-electron chi connectivity index (χ3n) is 3.86. The minimum atomic E-state index is -0.377. The fourth-order valence-corrected chi connectivity index (χ4v) is 2.69. The van der Waals surface area contributed by atoms with Crippen molar-refractivity contribution in [1.29, 1.82) is 0 Å². The monoisotopic (exact) mass is 274 g/mol. The van der Waals surface area contributed by atoms with Gasteiger partial charge in [-0.1, -0.05) is 24.3 Å². The second-order valence-electron chi connectivity index (χ2n) is 5.31. The quantitative estimate of drug-likeness (QED) is 0.844. The second-order valence-corrected chi connectivity index (χ2v) is 5.31. The van der Waals surface area contributed by atoms with Crippen LogP contribution in [0.5, 0.6) is 0 Å². The fourth-order valence-electron chi connectivity index (χ4n) is 2.69. The van der Waals surface area contributed by atoms with E-state index in [4.69, 9.17) is 4.74 Å². The number of hydrogen-bond donors (Lipinski definition) is 2. The highest BCUT2D eigenvalue weighted by Crippen LogP contribution is 2.19. The van der Waals surface area contributed by atoms with Crippen molar-refractivity contribution in [3.05, 3.63) is 35.4 Å². The molecule has 2 aliphatic heterocycles. The summed E-state index contributed by atoms with van der Waals surface area (Å²) in [6.45, 7) is 1.08. The van der Waals surface area contributed by atoms with Crippen molar-refractivity contribution in [3.63, 3.8) is 0 Å². The van der Waals surface area contributed by atoms with Gasteiger partial charge in [0, 0.05) is 19.4 Å². The summed E-state index contributed by atoms with van der Waals surface area (Å²) in [5.41, 5.74) is 2.50. The zero-order chi connectivity index (χ0) is 13.9. The number of fused-ring (bicyclic) bond motifs is 1. The first-order chi connectivity index (χ1) is 9.72. The van der Waals surface area contributed by atoms with E-state index in [-0.39, 0.29) is 24.0 Å². The number of ether oxygens (including phenoxy) is 1. The van der Waals surface area contributed by atoms with Crippen LogP contribution < -0.4 is 10.6 Å². The Labute approximate surface area is 117 Å². The summed E-state index contributed by atoms with van der Waals surface area (Å²) in [7, 11) is 0. The van der Waals surface area contributed by atoms with E-state index < -0.39 is 0 Å². The van der Waals surface area contributed by atoms with Crippen LogP contribution in [0.3, 0.4) is 0 Å². The van der Waals surface area contributed by atoms with Crippen LogP contribution in [0.15, 0.2) is 24.3 Å². The highest BCUT2D eigenvalue weighted by molar-refractivity contribution is 5.90. The van der Waals surface area contributed by atoms with Gasteiger partial charge >= 0.3 is 0 Å². The van der Waals surface area contributed by atoms with Gasteiger partial charge in [-0.05, 0) is 17.5 Å². The van der Waals surface area contributed by atoms with Crippen molar-refractivity contribution >= 4 is 11.8 Å². The summed E-state index contributed by atoms with van der Waals surface area (Å²) in [5, 5.41) is 5.53. The Balaban J connectivity index is 1.50. The Morgan fingerprint density at radius 1 is 1.35 bits per heavy atom. The molecule has 0 aliphatic carbocycles. The number of hydrogen-bond acceptors (Lipinski definition) is 3. The first kappa shape index (κ1) is 13.1. The molecule has 1 fully saturated rings. The van der Waals surface area contributed by atoms with Crippen LogP contribution in [0, 0.1) is 0 Å². The van der Waals surface area contributed by atoms with Gasteiger partial charge < -0.3 is 15.4 Å². The largest absolute Gasteiger partial charge is 0.371 e. The average molecular weight is 274 g/mol.